The van der Waals surface area contributed by atoms with Gasteiger partial charge in [0.2, 0.25) is 0 Å². The SMILES string of the molecule is COCC(C)(C)n1nccc1C. The summed E-state index contributed by atoms with van der Waals surface area (Å²) in [6.45, 7) is 6.94. The van der Waals surface area contributed by atoms with E-state index in [1.54, 1.807) is 7.11 Å². The first-order valence-corrected chi connectivity index (χ1v) is 4.08. The van der Waals surface area contributed by atoms with E-state index in [-0.39, 0.29) is 5.54 Å². The second kappa shape index (κ2) is 3.27. The molecule has 3 nitrogen and oxygen atoms in total. The van der Waals surface area contributed by atoms with Crippen molar-refractivity contribution < 1.29 is 4.74 Å². The fraction of sp³-hybridized carbons (Fsp3) is 0.667. The summed E-state index contributed by atoms with van der Waals surface area (Å²) >= 11 is 0. The zero-order valence-corrected chi connectivity index (χ0v) is 8.16. The van der Waals surface area contributed by atoms with E-state index < -0.39 is 0 Å². The van der Waals surface area contributed by atoms with Gasteiger partial charge in [0.05, 0.1) is 12.1 Å². The Morgan fingerprint density at radius 3 is 2.67 bits per heavy atom. The molecule has 0 unspecified atom stereocenters. The monoisotopic (exact) mass is 168 g/mol. The van der Waals surface area contributed by atoms with E-state index in [1.807, 2.05) is 23.9 Å². The molecule has 0 atom stereocenters. The molecule has 0 saturated heterocycles. The summed E-state index contributed by atoms with van der Waals surface area (Å²) in [5.74, 6) is 0. The van der Waals surface area contributed by atoms with Crippen LogP contribution in [-0.2, 0) is 10.3 Å². The number of nitrogens with zero attached hydrogens (tertiary/aromatic N) is 2. The molecule has 1 heterocycles. The van der Waals surface area contributed by atoms with Gasteiger partial charge in [0, 0.05) is 19.0 Å². The number of hydrogen-bond acceptors (Lipinski definition) is 2. The second-order valence-electron chi connectivity index (χ2n) is 3.63. The fourth-order valence-electron chi connectivity index (χ4n) is 1.42. The molecule has 0 amide bonds. The molecule has 0 fully saturated rings. The van der Waals surface area contributed by atoms with Crippen LogP contribution < -0.4 is 0 Å². The Morgan fingerprint density at radius 1 is 1.58 bits per heavy atom. The maximum absolute atomic E-state index is 5.12. The van der Waals surface area contributed by atoms with Gasteiger partial charge in [-0.25, -0.2) is 0 Å². The Kier molecular flexibility index (Phi) is 2.52. The molecule has 0 aliphatic carbocycles. The Balaban J connectivity index is 2.88. The summed E-state index contributed by atoms with van der Waals surface area (Å²) in [5, 5.41) is 4.24. The van der Waals surface area contributed by atoms with Gasteiger partial charge in [0.25, 0.3) is 0 Å². The lowest BCUT2D eigenvalue weighted by atomic mass is 10.1. The first-order chi connectivity index (χ1) is 5.58. The van der Waals surface area contributed by atoms with Gasteiger partial charge in [0.15, 0.2) is 0 Å². The summed E-state index contributed by atoms with van der Waals surface area (Å²) in [6.07, 6.45) is 1.81. The lowest BCUT2D eigenvalue weighted by Gasteiger charge is -2.25. The average Bonchev–Trinajstić information content (AvgIpc) is 2.35. The smallest absolute Gasteiger partial charge is 0.0806 e. The molecule has 1 aromatic heterocycles. The maximum atomic E-state index is 5.12. The molecular weight excluding hydrogens is 152 g/mol. The molecule has 0 bridgehead atoms. The zero-order chi connectivity index (χ0) is 9.19. The number of aryl methyl sites for hydroxylation is 1. The topological polar surface area (TPSA) is 27.1 Å². The normalized spacial score (nSPS) is 12.0. The number of methoxy groups -OCH3 is 1. The van der Waals surface area contributed by atoms with Crippen molar-refractivity contribution in [2.45, 2.75) is 26.3 Å². The first-order valence-electron chi connectivity index (χ1n) is 4.08. The quantitative estimate of drug-likeness (QED) is 0.685. The van der Waals surface area contributed by atoms with Crippen molar-refractivity contribution in [2.24, 2.45) is 0 Å². The van der Waals surface area contributed by atoms with Gasteiger partial charge in [-0.2, -0.15) is 5.10 Å². The molecule has 3 heteroatoms. The largest absolute Gasteiger partial charge is 0.382 e. The molecule has 0 aliphatic heterocycles. The Labute approximate surface area is 73.3 Å². The van der Waals surface area contributed by atoms with Gasteiger partial charge in [-0.3, -0.25) is 4.68 Å². The van der Waals surface area contributed by atoms with E-state index in [0.717, 1.165) is 5.69 Å². The summed E-state index contributed by atoms with van der Waals surface area (Å²) < 4.78 is 7.11. The van der Waals surface area contributed by atoms with Crippen molar-refractivity contribution in [3.8, 4) is 0 Å². The predicted molar refractivity (Wildman–Crippen MR) is 48.2 cm³/mol. The number of hydrogen-bond donors (Lipinski definition) is 0. The number of rotatable bonds is 3. The van der Waals surface area contributed by atoms with Crippen molar-refractivity contribution in [3.05, 3.63) is 18.0 Å². The summed E-state index contributed by atoms with van der Waals surface area (Å²) in [6, 6.07) is 2.00. The molecule has 12 heavy (non-hydrogen) atoms. The lowest BCUT2D eigenvalue weighted by molar-refractivity contribution is 0.0999. The van der Waals surface area contributed by atoms with Crippen LogP contribution in [0.1, 0.15) is 19.5 Å². The van der Waals surface area contributed by atoms with Gasteiger partial charge in [0.1, 0.15) is 0 Å². The molecule has 0 N–H and O–H groups in total. The minimum absolute atomic E-state index is 0.0532. The molecule has 0 saturated carbocycles. The molecular formula is C9H16N2O. The molecule has 0 aromatic carbocycles. The van der Waals surface area contributed by atoms with Crippen LogP contribution in [0.3, 0.4) is 0 Å². The standard InChI is InChI=1S/C9H16N2O/c1-8-5-6-10-11(8)9(2,3)7-12-4/h5-6H,7H2,1-4H3. The van der Waals surface area contributed by atoms with E-state index in [2.05, 4.69) is 18.9 Å². The highest BCUT2D eigenvalue weighted by atomic mass is 16.5. The third-order valence-corrected chi connectivity index (χ3v) is 1.90. The molecule has 1 rings (SSSR count). The van der Waals surface area contributed by atoms with E-state index in [9.17, 15) is 0 Å². The third kappa shape index (κ3) is 1.67. The van der Waals surface area contributed by atoms with Crippen molar-refractivity contribution in [2.75, 3.05) is 13.7 Å². The highest BCUT2D eigenvalue weighted by Gasteiger charge is 2.21. The molecule has 1 aromatic rings. The summed E-state index contributed by atoms with van der Waals surface area (Å²) in [4.78, 5) is 0. The highest BCUT2D eigenvalue weighted by molar-refractivity contribution is 5.00. The van der Waals surface area contributed by atoms with Crippen LogP contribution in [0.25, 0.3) is 0 Å². The molecule has 0 radical (unpaired) electrons. The third-order valence-electron chi connectivity index (χ3n) is 1.90. The number of aromatic nitrogens is 2. The van der Waals surface area contributed by atoms with Crippen LogP contribution in [0, 0.1) is 6.92 Å². The van der Waals surface area contributed by atoms with Crippen LogP contribution in [0.15, 0.2) is 12.3 Å². The fourth-order valence-corrected chi connectivity index (χ4v) is 1.42. The van der Waals surface area contributed by atoms with Crippen LogP contribution in [0.5, 0.6) is 0 Å². The molecule has 0 aliphatic rings. The van der Waals surface area contributed by atoms with Gasteiger partial charge in [-0.15, -0.1) is 0 Å². The van der Waals surface area contributed by atoms with Crippen molar-refractivity contribution >= 4 is 0 Å². The zero-order valence-electron chi connectivity index (χ0n) is 8.16. The van der Waals surface area contributed by atoms with Crippen molar-refractivity contribution in [1.29, 1.82) is 0 Å². The van der Waals surface area contributed by atoms with Gasteiger partial charge in [-0.1, -0.05) is 0 Å². The van der Waals surface area contributed by atoms with Crippen LogP contribution in [0.2, 0.25) is 0 Å². The number of ether oxygens (including phenoxy) is 1. The predicted octanol–water partition coefficient (Wildman–Crippen LogP) is 1.57. The minimum atomic E-state index is -0.0532. The van der Waals surface area contributed by atoms with Crippen molar-refractivity contribution in [3.63, 3.8) is 0 Å². The van der Waals surface area contributed by atoms with Crippen LogP contribution in [-0.4, -0.2) is 23.5 Å². The van der Waals surface area contributed by atoms with Gasteiger partial charge < -0.3 is 4.74 Å². The van der Waals surface area contributed by atoms with E-state index in [0.29, 0.717) is 6.61 Å². The Bertz CT molecular complexity index is 253. The summed E-state index contributed by atoms with van der Waals surface area (Å²) in [7, 11) is 1.71. The van der Waals surface area contributed by atoms with Crippen LogP contribution in [0.4, 0.5) is 0 Å². The van der Waals surface area contributed by atoms with E-state index >= 15 is 0 Å². The average molecular weight is 168 g/mol. The lowest BCUT2D eigenvalue weighted by Crippen LogP contribution is -2.33. The summed E-state index contributed by atoms with van der Waals surface area (Å²) in [5.41, 5.74) is 1.11. The van der Waals surface area contributed by atoms with Gasteiger partial charge >= 0.3 is 0 Å². The van der Waals surface area contributed by atoms with Gasteiger partial charge in [-0.05, 0) is 26.8 Å². The second-order valence-corrected chi connectivity index (χ2v) is 3.63. The van der Waals surface area contributed by atoms with E-state index in [4.69, 9.17) is 4.74 Å². The van der Waals surface area contributed by atoms with E-state index in [1.165, 1.54) is 0 Å². The van der Waals surface area contributed by atoms with Crippen LogP contribution >= 0.6 is 0 Å². The highest BCUT2D eigenvalue weighted by Crippen LogP contribution is 2.15. The van der Waals surface area contributed by atoms with Crippen molar-refractivity contribution in [1.82, 2.24) is 9.78 Å². The Hall–Kier alpha value is -0.830. The Morgan fingerprint density at radius 2 is 2.25 bits per heavy atom. The first kappa shape index (κ1) is 9.26. The minimum Gasteiger partial charge on any atom is -0.382 e. The maximum Gasteiger partial charge on any atom is 0.0806 e. The molecule has 68 valence electrons. The molecule has 0 spiro atoms.